The van der Waals surface area contributed by atoms with Gasteiger partial charge in [-0.3, -0.25) is 0 Å². The van der Waals surface area contributed by atoms with Crippen molar-refractivity contribution in [3.8, 4) is 11.1 Å². The molecular weight excluding hydrogens is 265 g/mol. The minimum Gasteiger partial charge on any atom is -0.396 e. The molecule has 0 amide bonds. The normalized spacial score (nSPS) is 11.6. The zero-order chi connectivity index (χ0) is 13.3. The van der Waals surface area contributed by atoms with Crippen LogP contribution in [0.1, 0.15) is 5.69 Å². The van der Waals surface area contributed by atoms with Crippen LogP contribution in [-0.2, 0) is 6.18 Å². The topological polar surface area (TPSA) is 38.9 Å². The molecule has 0 saturated carbocycles. The highest BCUT2D eigenvalue weighted by Crippen LogP contribution is 2.36. The number of hydrogen-bond acceptors (Lipinski definition) is 2. The average molecular weight is 273 g/mol. The van der Waals surface area contributed by atoms with E-state index in [9.17, 15) is 13.2 Å². The summed E-state index contributed by atoms with van der Waals surface area (Å²) in [6.45, 7) is 0. The number of benzene rings is 1. The summed E-state index contributed by atoms with van der Waals surface area (Å²) >= 11 is 5.64. The Hall–Kier alpha value is -1.75. The summed E-state index contributed by atoms with van der Waals surface area (Å²) < 4.78 is 37.9. The third kappa shape index (κ3) is 2.41. The van der Waals surface area contributed by atoms with Crippen LogP contribution in [0.3, 0.4) is 0 Å². The lowest BCUT2D eigenvalue weighted by molar-refractivity contribution is -0.141. The Balaban J connectivity index is 2.64. The molecule has 1 heterocycles. The molecule has 0 radical (unpaired) electrons. The van der Waals surface area contributed by atoms with Gasteiger partial charge in [0.1, 0.15) is 5.69 Å². The molecule has 2 rings (SSSR count). The number of nitrogens with zero attached hydrogens (tertiary/aromatic N) is 1. The molecular formula is C12H8ClF3N2. The molecule has 18 heavy (non-hydrogen) atoms. The van der Waals surface area contributed by atoms with E-state index in [1.54, 1.807) is 30.3 Å². The third-order valence-corrected chi connectivity index (χ3v) is 2.68. The number of nitrogens with two attached hydrogens (primary N) is 1. The number of aromatic nitrogens is 1. The number of hydrogen-bond donors (Lipinski definition) is 1. The van der Waals surface area contributed by atoms with Gasteiger partial charge in [-0.25, -0.2) is 4.98 Å². The summed E-state index contributed by atoms with van der Waals surface area (Å²) in [5, 5.41) is -0.344. The molecule has 2 aromatic rings. The van der Waals surface area contributed by atoms with Gasteiger partial charge in [-0.1, -0.05) is 41.9 Å². The van der Waals surface area contributed by atoms with Crippen molar-refractivity contribution in [1.29, 1.82) is 0 Å². The van der Waals surface area contributed by atoms with Gasteiger partial charge in [-0.05, 0) is 11.6 Å². The zero-order valence-electron chi connectivity index (χ0n) is 9.00. The molecule has 0 fully saturated rings. The van der Waals surface area contributed by atoms with Gasteiger partial charge in [-0.15, -0.1) is 0 Å². The number of rotatable bonds is 1. The van der Waals surface area contributed by atoms with Gasteiger partial charge in [0, 0.05) is 5.56 Å². The number of nitrogen functional groups attached to an aromatic ring is 1. The van der Waals surface area contributed by atoms with Gasteiger partial charge >= 0.3 is 6.18 Å². The second-order valence-electron chi connectivity index (χ2n) is 3.62. The van der Waals surface area contributed by atoms with Crippen LogP contribution >= 0.6 is 11.6 Å². The first-order valence-electron chi connectivity index (χ1n) is 4.98. The first kappa shape index (κ1) is 12.7. The van der Waals surface area contributed by atoms with Crippen molar-refractivity contribution < 1.29 is 13.2 Å². The molecule has 0 unspecified atom stereocenters. The summed E-state index contributed by atoms with van der Waals surface area (Å²) in [4.78, 5) is 3.25. The van der Waals surface area contributed by atoms with Crippen molar-refractivity contribution in [3.05, 3.63) is 47.2 Å². The maximum absolute atomic E-state index is 12.6. The summed E-state index contributed by atoms with van der Waals surface area (Å²) in [5.74, 6) is 0. The van der Waals surface area contributed by atoms with E-state index in [-0.39, 0.29) is 16.4 Å². The Labute approximate surface area is 106 Å². The van der Waals surface area contributed by atoms with Crippen LogP contribution in [0.25, 0.3) is 11.1 Å². The van der Waals surface area contributed by atoms with Gasteiger partial charge < -0.3 is 5.73 Å². The fourth-order valence-electron chi connectivity index (χ4n) is 1.53. The van der Waals surface area contributed by atoms with E-state index in [4.69, 9.17) is 17.3 Å². The highest BCUT2D eigenvalue weighted by Gasteiger charge is 2.34. The SMILES string of the molecule is Nc1c(-c2ccccc2)cc(C(F)(F)F)nc1Cl. The van der Waals surface area contributed by atoms with Crippen molar-refractivity contribution in [2.75, 3.05) is 5.73 Å². The van der Waals surface area contributed by atoms with Crippen LogP contribution in [0.2, 0.25) is 5.15 Å². The van der Waals surface area contributed by atoms with Crippen molar-refractivity contribution in [2.24, 2.45) is 0 Å². The van der Waals surface area contributed by atoms with E-state index in [1.165, 1.54) is 0 Å². The van der Waals surface area contributed by atoms with Crippen molar-refractivity contribution in [3.63, 3.8) is 0 Å². The molecule has 0 bridgehead atoms. The van der Waals surface area contributed by atoms with Crippen LogP contribution in [0.5, 0.6) is 0 Å². The molecule has 0 atom stereocenters. The third-order valence-electron chi connectivity index (χ3n) is 2.39. The number of pyridine rings is 1. The number of alkyl halides is 3. The second-order valence-corrected chi connectivity index (χ2v) is 3.98. The van der Waals surface area contributed by atoms with E-state index in [1.807, 2.05) is 0 Å². The Morgan fingerprint density at radius 1 is 1.11 bits per heavy atom. The molecule has 2 N–H and O–H groups in total. The Morgan fingerprint density at radius 3 is 2.28 bits per heavy atom. The number of halogens is 4. The van der Waals surface area contributed by atoms with Crippen LogP contribution in [0, 0.1) is 0 Å². The Bertz CT molecular complexity index is 568. The maximum atomic E-state index is 12.6. The van der Waals surface area contributed by atoms with Crippen LogP contribution in [0.4, 0.5) is 18.9 Å². The molecule has 0 spiro atoms. The van der Waals surface area contributed by atoms with Gasteiger partial charge in [0.2, 0.25) is 0 Å². The monoisotopic (exact) mass is 272 g/mol. The van der Waals surface area contributed by atoms with E-state index < -0.39 is 11.9 Å². The lowest BCUT2D eigenvalue weighted by Crippen LogP contribution is -2.09. The molecule has 94 valence electrons. The maximum Gasteiger partial charge on any atom is 0.433 e. The first-order chi connectivity index (χ1) is 8.39. The van der Waals surface area contributed by atoms with Crippen molar-refractivity contribution in [1.82, 2.24) is 4.98 Å². The molecule has 6 heteroatoms. The molecule has 0 aliphatic rings. The van der Waals surface area contributed by atoms with E-state index in [0.717, 1.165) is 6.07 Å². The number of anilines is 1. The predicted molar refractivity (Wildman–Crippen MR) is 64.1 cm³/mol. The summed E-state index contributed by atoms with van der Waals surface area (Å²) in [6, 6.07) is 9.38. The second kappa shape index (κ2) is 4.49. The molecule has 1 aromatic heterocycles. The van der Waals surface area contributed by atoms with Crippen LogP contribution in [0.15, 0.2) is 36.4 Å². The minimum atomic E-state index is -4.55. The van der Waals surface area contributed by atoms with Crippen LogP contribution < -0.4 is 5.73 Å². The first-order valence-corrected chi connectivity index (χ1v) is 5.36. The minimum absolute atomic E-state index is 0.0378. The molecule has 0 saturated heterocycles. The van der Waals surface area contributed by atoms with E-state index in [0.29, 0.717) is 5.56 Å². The molecule has 1 aromatic carbocycles. The molecule has 0 aliphatic heterocycles. The van der Waals surface area contributed by atoms with Gasteiger partial charge in [0.05, 0.1) is 5.69 Å². The average Bonchev–Trinajstić information content (AvgIpc) is 2.32. The fraction of sp³-hybridized carbons (Fsp3) is 0.0833. The predicted octanol–water partition coefficient (Wildman–Crippen LogP) is 4.00. The lowest BCUT2D eigenvalue weighted by atomic mass is 10.0. The summed E-state index contributed by atoms with van der Waals surface area (Å²) in [7, 11) is 0. The smallest absolute Gasteiger partial charge is 0.396 e. The zero-order valence-corrected chi connectivity index (χ0v) is 9.76. The Morgan fingerprint density at radius 2 is 1.72 bits per heavy atom. The fourth-order valence-corrected chi connectivity index (χ4v) is 1.72. The quantitative estimate of drug-likeness (QED) is 0.797. The molecule has 0 aliphatic carbocycles. The molecule has 2 nitrogen and oxygen atoms in total. The van der Waals surface area contributed by atoms with Gasteiger partial charge in [-0.2, -0.15) is 13.2 Å². The van der Waals surface area contributed by atoms with E-state index in [2.05, 4.69) is 4.98 Å². The van der Waals surface area contributed by atoms with Crippen molar-refractivity contribution >= 4 is 17.3 Å². The van der Waals surface area contributed by atoms with Crippen molar-refractivity contribution in [2.45, 2.75) is 6.18 Å². The van der Waals surface area contributed by atoms with Gasteiger partial charge in [0.15, 0.2) is 5.15 Å². The Kier molecular flexibility index (Phi) is 3.17. The largest absolute Gasteiger partial charge is 0.433 e. The standard InChI is InChI=1S/C12H8ClF3N2/c13-11-10(17)8(7-4-2-1-3-5-7)6-9(18-11)12(14,15)16/h1-6H,17H2. The lowest BCUT2D eigenvalue weighted by Gasteiger charge is -2.12. The highest BCUT2D eigenvalue weighted by molar-refractivity contribution is 6.32. The summed E-state index contributed by atoms with van der Waals surface area (Å²) in [6.07, 6.45) is -4.55. The highest BCUT2D eigenvalue weighted by atomic mass is 35.5. The van der Waals surface area contributed by atoms with Crippen LogP contribution in [-0.4, -0.2) is 4.98 Å². The van der Waals surface area contributed by atoms with Gasteiger partial charge in [0.25, 0.3) is 0 Å². The summed E-state index contributed by atoms with van der Waals surface area (Å²) in [5.41, 5.74) is 5.43. The van der Waals surface area contributed by atoms with E-state index >= 15 is 0 Å².